The Balaban J connectivity index is 2.37. The van der Waals surface area contributed by atoms with E-state index in [0.717, 1.165) is 12.8 Å². The fourth-order valence-corrected chi connectivity index (χ4v) is 1.22. The molecule has 0 aliphatic heterocycles. The lowest BCUT2D eigenvalue weighted by atomic mass is 10.1. The number of carbonyl (C=O) groups excluding carboxylic acids is 1. The van der Waals surface area contributed by atoms with Crippen LogP contribution in [0.5, 0.6) is 0 Å². The molecule has 1 aromatic carbocycles. The van der Waals surface area contributed by atoms with E-state index in [0.29, 0.717) is 6.42 Å². The van der Waals surface area contributed by atoms with Crippen molar-refractivity contribution in [3.05, 3.63) is 35.4 Å². The zero-order valence-electron chi connectivity index (χ0n) is 7.92. The molecule has 0 saturated carbocycles. The van der Waals surface area contributed by atoms with E-state index < -0.39 is 0 Å². The second-order valence-corrected chi connectivity index (χ2v) is 3.31. The summed E-state index contributed by atoms with van der Waals surface area (Å²) in [6.45, 7) is 2.06. The predicted molar refractivity (Wildman–Crippen MR) is 53.3 cm³/mol. The summed E-state index contributed by atoms with van der Waals surface area (Å²) in [4.78, 5) is 10.5. The van der Waals surface area contributed by atoms with Gasteiger partial charge in [-0.15, -0.1) is 0 Å². The van der Waals surface area contributed by atoms with Crippen LogP contribution < -0.4 is 5.73 Å². The molecule has 0 aliphatic rings. The molecule has 13 heavy (non-hydrogen) atoms. The summed E-state index contributed by atoms with van der Waals surface area (Å²) >= 11 is 0. The first-order valence-corrected chi connectivity index (χ1v) is 4.52. The predicted octanol–water partition coefficient (Wildman–Crippen LogP) is 1.80. The number of hydrogen-bond donors (Lipinski definition) is 1. The molecule has 2 nitrogen and oxygen atoms in total. The highest BCUT2D eigenvalue weighted by molar-refractivity contribution is 5.73. The molecule has 1 rings (SSSR count). The molecule has 0 atom stereocenters. The maximum atomic E-state index is 10.5. The maximum Gasteiger partial charge on any atom is 0.217 e. The van der Waals surface area contributed by atoms with Crippen molar-refractivity contribution >= 4 is 5.91 Å². The molecule has 2 heteroatoms. The van der Waals surface area contributed by atoms with Gasteiger partial charge < -0.3 is 5.73 Å². The van der Waals surface area contributed by atoms with Crippen LogP contribution >= 0.6 is 0 Å². The highest BCUT2D eigenvalue weighted by Gasteiger charge is 1.96. The minimum atomic E-state index is -0.216. The van der Waals surface area contributed by atoms with Gasteiger partial charge in [-0.05, 0) is 25.3 Å². The summed E-state index contributed by atoms with van der Waals surface area (Å²) in [5.41, 5.74) is 7.57. The molecule has 1 amide bonds. The normalized spacial score (nSPS) is 9.92. The third-order valence-electron chi connectivity index (χ3n) is 2.01. The fourth-order valence-electron chi connectivity index (χ4n) is 1.22. The van der Waals surface area contributed by atoms with Crippen molar-refractivity contribution in [3.63, 3.8) is 0 Å². The van der Waals surface area contributed by atoms with Gasteiger partial charge in [0.15, 0.2) is 0 Å². The zero-order valence-corrected chi connectivity index (χ0v) is 7.92. The third-order valence-corrected chi connectivity index (χ3v) is 2.01. The number of carbonyl (C=O) groups is 1. The van der Waals surface area contributed by atoms with Crippen molar-refractivity contribution in [2.45, 2.75) is 26.2 Å². The lowest BCUT2D eigenvalue weighted by molar-refractivity contribution is -0.118. The number of rotatable bonds is 4. The number of benzene rings is 1. The molecule has 1 aromatic rings. The average molecular weight is 177 g/mol. The number of primary amides is 1. The van der Waals surface area contributed by atoms with Crippen molar-refractivity contribution in [1.82, 2.24) is 0 Å². The lowest BCUT2D eigenvalue weighted by Gasteiger charge is -2.00. The SMILES string of the molecule is Cc1ccc(CCCC(N)=O)cc1. The Kier molecular flexibility index (Phi) is 3.50. The lowest BCUT2D eigenvalue weighted by Crippen LogP contribution is -2.10. The molecule has 0 heterocycles. The van der Waals surface area contributed by atoms with Crippen LogP contribution in [-0.2, 0) is 11.2 Å². The van der Waals surface area contributed by atoms with Crippen LogP contribution in [0.3, 0.4) is 0 Å². The van der Waals surface area contributed by atoms with Gasteiger partial charge in [0.1, 0.15) is 0 Å². The minimum Gasteiger partial charge on any atom is -0.370 e. The fraction of sp³-hybridized carbons (Fsp3) is 0.364. The van der Waals surface area contributed by atoms with E-state index >= 15 is 0 Å². The molecular weight excluding hydrogens is 162 g/mol. The second-order valence-electron chi connectivity index (χ2n) is 3.31. The van der Waals surface area contributed by atoms with Crippen LogP contribution in [0.2, 0.25) is 0 Å². The molecule has 0 aromatic heterocycles. The molecule has 0 bridgehead atoms. The number of nitrogens with two attached hydrogens (primary N) is 1. The van der Waals surface area contributed by atoms with Crippen LogP contribution in [0, 0.1) is 6.92 Å². The molecule has 0 radical (unpaired) electrons. The Morgan fingerprint density at radius 3 is 2.46 bits per heavy atom. The van der Waals surface area contributed by atoms with Gasteiger partial charge in [-0.1, -0.05) is 29.8 Å². The van der Waals surface area contributed by atoms with Crippen LogP contribution in [-0.4, -0.2) is 5.91 Å². The van der Waals surface area contributed by atoms with Gasteiger partial charge in [-0.2, -0.15) is 0 Å². The van der Waals surface area contributed by atoms with Gasteiger partial charge >= 0.3 is 0 Å². The molecular formula is C11H15NO. The van der Waals surface area contributed by atoms with Gasteiger partial charge in [-0.3, -0.25) is 4.79 Å². The van der Waals surface area contributed by atoms with Crippen LogP contribution in [0.4, 0.5) is 0 Å². The first-order valence-electron chi connectivity index (χ1n) is 4.52. The van der Waals surface area contributed by atoms with E-state index in [1.807, 2.05) is 0 Å². The smallest absolute Gasteiger partial charge is 0.217 e. The summed E-state index contributed by atoms with van der Waals surface area (Å²) in [6.07, 6.45) is 2.26. The van der Waals surface area contributed by atoms with Gasteiger partial charge in [0.05, 0.1) is 0 Å². The molecule has 0 aliphatic carbocycles. The molecule has 0 saturated heterocycles. The molecule has 0 spiro atoms. The molecule has 0 unspecified atom stereocenters. The Morgan fingerprint density at radius 1 is 1.31 bits per heavy atom. The minimum absolute atomic E-state index is 0.216. The van der Waals surface area contributed by atoms with Crippen molar-refractivity contribution in [3.8, 4) is 0 Å². The van der Waals surface area contributed by atoms with Gasteiger partial charge in [-0.25, -0.2) is 0 Å². The second kappa shape index (κ2) is 4.65. The summed E-state index contributed by atoms with van der Waals surface area (Å²) < 4.78 is 0. The number of amides is 1. The van der Waals surface area contributed by atoms with Crippen LogP contribution in [0.25, 0.3) is 0 Å². The van der Waals surface area contributed by atoms with Crippen molar-refractivity contribution < 1.29 is 4.79 Å². The largest absolute Gasteiger partial charge is 0.370 e. The van der Waals surface area contributed by atoms with E-state index in [9.17, 15) is 4.79 Å². The van der Waals surface area contributed by atoms with Crippen molar-refractivity contribution in [2.75, 3.05) is 0 Å². The van der Waals surface area contributed by atoms with E-state index in [2.05, 4.69) is 31.2 Å². The molecule has 0 fully saturated rings. The van der Waals surface area contributed by atoms with E-state index in [1.165, 1.54) is 11.1 Å². The zero-order chi connectivity index (χ0) is 9.68. The molecule has 70 valence electrons. The first-order chi connectivity index (χ1) is 6.18. The monoisotopic (exact) mass is 177 g/mol. The standard InChI is InChI=1S/C11H15NO/c1-9-5-7-10(8-6-9)3-2-4-11(12)13/h5-8H,2-4H2,1H3,(H2,12,13). The van der Waals surface area contributed by atoms with Crippen LogP contribution in [0.1, 0.15) is 24.0 Å². The maximum absolute atomic E-state index is 10.5. The summed E-state index contributed by atoms with van der Waals surface area (Å²) in [5, 5.41) is 0. The third kappa shape index (κ3) is 3.74. The Labute approximate surface area is 78.8 Å². The highest BCUT2D eigenvalue weighted by atomic mass is 16.1. The first kappa shape index (κ1) is 9.78. The number of aryl methyl sites for hydroxylation is 2. The van der Waals surface area contributed by atoms with Crippen molar-refractivity contribution in [1.29, 1.82) is 0 Å². The Hall–Kier alpha value is -1.31. The van der Waals surface area contributed by atoms with E-state index in [-0.39, 0.29) is 5.91 Å². The summed E-state index contributed by atoms with van der Waals surface area (Å²) in [6, 6.07) is 8.35. The van der Waals surface area contributed by atoms with Crippen LogP contribution in [0.15, 0.2) is 24.3 Å². The van der Waals surface area contributed by atoms with Crippen molar-refractivity contribution in [2.24, 2.45) is 5.73 Å². The highest BCUT2D eigenvalue weighted by Crippen LogP contribution is 2.06. The van der Waals surface area contributed by atoms with E-state index in [1.54, 1.807) is 0 Å². The molecule has 2 N–H and O–H groups in total. The Morgan fingerprint density at radius 2 is 1.92 bits per heavy atom. The average Bonchev–Trinajstić information content (AvgIpc) is 2.08. The summed E-state index contributed by atoms with van der Waals surface area (Å²) in [5.74, 6) is -0.216. The number of hydrogen-bond acceptors (Lipinski definition) is 1. The van der Waals surface area contributed by atoms with E-state index in [4.69, 9.17) is 5.73 Å². The van der Waals surface area contributed by atoms with Gasteiger partial charge in [0, 0.05) is 6.42 Å². The van der Waals surface area contributed by atoms with Gasteiger partial charge in [0.2, 0.25) is 5.91 Å². The summed E-state index contributed by atoms with van der Waals surface area (Å²) in [7, 11) is 0. The topological polar surface area (TPSA) is 43.1 Å². The quantitative estimate of drug-likeness (QED) is 0.748. The Bertz CT molecular complexity index is 277. The van der Waals surface area contributed by atoms with Gasteiger partial charge in [0.25, 0.3) is 0 Å².